The lowest BCUT2D eigenvalue weighted by molar-refractivity contribution is -0.507. The van der Waals surface area contributed by atoms with Crippen LogP contribution in [0.5, 0.6) is 0 Å². The van der Waals surface area contributed by atoms with E-state index in [0.29, 0.717) is 12.0 Å². The molecule has 0 aliphatic rings. The van der Waals surface area contributed by atoms with Crippen LogP contribution in [0.25, 0.3) is 0 Å². The van der Waals surface area contributed by atoms with Crippen LogP contribution >= 0.6 is 0 Å². The van der Waals surface area contributed by atoms with Crippen molar-refractivity contribution in [3.8, 4) is 0 Å². The molecule has 0 radical (unpaired) electrons. The van der Waals surface area contributed by atoms with E-state index in [9.17, 15) is 18.5 Å². The smallest absolute Gasteiger partial charge is 0.279 e. The van der Waals surface area contributed by atoms with Gasteiger partial charge in [-0.3, -0.25) is 10.1 Å². The average Bonchev–Trinajstić information content (AvgIpc) is 2.38. The number of oxime groups is 1. The Morgan fingerprint density at radius 3 is 2.45 bits per heavy atom. The molecule has 0 saturated carbocycles. The maximum atomic E-state index is 11.5. The van der Waals surface area contributed by atoms with Crippen molar-refractivity contribution in [3.05, 3.63) is 21.8 Å². The molecule has 2 N–H and O–H groups in total. The van der Waals surface area contributed by atoms with Crippen molar-refractivity contribution < 1.29 is 18.5 Å². The molecule has 0 bridgehead atoms. The van der Waals surface area contributed by atoms with Crippen LogP contribution in [0.4, 0.5) is 0 Å². The first-order chi connectivity index (χ1) is 9.15. The number of hydrogen-bond acceptors (Lipinski definition) is 6. The average molecular weight is 308 g/mol. The van der Waals surface area contributed by atoms with Crippen LogP contribution in [0.15, 0.2) is 16.8 Å². The van der Waals surface area contributed by atoms with Crippen LogP contribution in [0.2, 0.25) is 0 Å². The summed E-state index contributed by atoms with van der Waals surface area (Å²) >= 11 is 0. The van der Waals surface area contributed by atoms with Crippen LogP contribution in [-0.2, 0) is 10.2 Å². The fourth-order valence-corrected chi connectivity index (χ4v) is 1.87. The molecule has 0 rings (SSSR count). The van der Waals surface area contributed by atoms with Gasteiger partial charge in [-0.05, 0) is 12.5 Å². The predicted molar refractivity (Wildman–Crippen MR) is 74.7 cm³/mol. The summed E-state index contributed by atoms with van der Waals surface area (Å²) in [4.78, 5) is 10.3. The van der Waals surface area contributed by atoms with Gasteiger partial charge in [0.25, 0.3) is 10.2 Å². The lowest BCUT2D eigenvalue weighted by Gasteiger charge is -2.12. The molecule has 0 aliphatic heterocycles. The zero-order valence-electron chi connectivity index (χ0n) is 11.9. The van der Waals surface area contributed by atoms with Gasteiger partial charge in [-0.1, -0.05) is 12.1 Å². The summed E-state index contributed by atoms with van der Waals surface area (Å²) in [5.41, 5.74) is 0.438. The minimum absolute atomic E-state index is 0.000903. The van der Waals surface area contributed by atoms with Crippen LogP contribution in [-0.4, -0.2) is 55.2 Å². The molecule has 0 aromatic rings. The van der Waals surface area contributed by atoms with E-state index in [-0.39, 0.29) is 12.3 Å². The molecule has 0 saturated heterocycles. The highest BCUT2D eigenvalue weighted by molar-refractivity contribution is 7.87. The SMILES string of the molecule is CCC(=CC(CNS(=O)(=O)N(C)C)=NO)C(C)[N+](=O)[O-]. The zero-order valence-corrected chi connectivity index (χ0v) is 12.7. The van der Waals surface area contributed by atoms with Crippen molar-refractivity contribution >= 4 is 15.9 Å². The highest BCUT2D eigenvalue weighted by Gasteiger charge is 2.19. The Hall–Kier alpha value is -1.52. The second-order valence-electron chi connectivity index (χ2n) is 4.23. The van der Waals surface area contributed by atoms with Crippen LogP contribution < -0.4 is 4.72 Å². The first-order valence-electron chi connectivity index (χ1n) is 5.87. The monoisotopic (exact) mass is 308 g/mol. The van der Waals surface area contributed by atoms with Crippen molar-refractivity contribution in [2.24, 2.45) is 5.16 Å². The highest BCUT2D eigenvalue weighted by Crippen LogP contribution is 2.10. The topological polar surface area (TPSA) is 125 Å². The first-order valence-corrected chi connectivity index (χ1v) is 7.31. The van der Waals surface area contributed by atoms with Gasteiger partial charge in [-0.2, -0.15) is 17.4 Å². The van der Waals surface area contributed by atoms with E-state index in [1.807, 2.05) is 0 Å². The Bertz CT molecular complexity index is 498. The third-order valence-electron chi connectivity index (χ3n) is 2.66. The van der Waals surface area contributed by atoms with Gasteiger partial charge in [0.1, 0.15) is 0 Å². The van der Waals surface area contributed by atoms with E-state index in [2.05, 4.69) is 9.88 Å². The number of nitrogens with zero attached hydrogens (tertiary/aromatic N) is 3. The number of rotatable bonds is 8. The van der Waals surface area contributed by atoms with E-state index >= 15 is 0 Å². The molecule has 1 unspecified atom stereocenters. The van der Waals surface area contributed by atoms with Crippen LogP contribution in [0, 0.1) is 10.1 Å². The Labute approximate surface area is 118 Å². The largest absolute Gasteiger partial charge is 0.411 e. The molecular weight excluding hydrogens is 288 g/mol. The summed E-state index contributed by atoms with van der Waals surface area (Å²) in [5.74, 6) is 0. The summed E-state index contributed by atoms with van der Waals surface area (Å²) in [6.45, 7) is 2.88. The standard InChI is InChI=1S/C10H20N4O5S/c1-5-9(8(2)14(16)17)6-10(12-15)7-11-20(18,19)13(3)4/h6,8,11,15H,5,7H2,1-4H3. The number of nitro groups is 1. The van der Waals surface area contributed by atoms with E-state index in [1.54, 1.807) is 6.92 Å². The summed E-state index contributed by atoms with van der Waals surface area (Å²) in [6, 6.07) is -0.929. The highest BCUT2D eigenvalue weighted by atomic mass is 32.2. The molecule has 0 aromatic carbocycles. The Morgan fingerprint density at radius 2 is 2.10 bits per heavy atom. The molecular formula is C10H20N4O5S. The number of nitrogens with one attached hydrogen (secondary N) is 1. The molecule has 9 nitrogen and oxygen atoms in total. The van der Waals surface area contributed by atoms with E-state index < -0.39 is 21.2 Å². The van der Waals surface area contributed by atoms with E-state index in [1.165, 1.54) is 27.1 Å². The third-order valence-corrected chi connectivity index (χ3v) is 4.13. The molecule has 0 spiro atoms. The minimum atomic E-state index is -3.65. The summed E-state index contributed by atoms with van der Waals surface area (Å²) in [6.07, 6.45) is 1.72. The van der Waals surface area contributed by atoms with Gasteiger partial charge < -0.3 is 5.21 Å². The van der Waals surface area contributed by atoms with Crippen LogP contribution in [0.1, 0.15) is 20.3 Å². The predicted octanol–water partition coefficient (Wildman–Crippen LogP) is 0.214. The number of hydrogen-bond donors (Lipinski definition) is 2. The maximum Gasteiger partial charge on any atom is 0.279 e. The van der Waals surface area contributed by atoms with Gasteiger partial charge in [0.15, 0.2) is 0 Å². The lowest BCUT2D eigenvalue weighted by atomic mass is 10.0. The van der Waals surface area contributed by atoms with Gasteiger partial charge in [0, 0.05) is 31.5 Å². The van der Waals surface area contributed by atoms with Crippen molar-refractivity contribution in [1.82, 2.24) is 9.03 Å². The lowest BCUT2D eigenvalue weighted by Crippen LogP contribution is -2.38. The second-order valence-corrected chi connectivity index (χ2v) is 6.20. The molecule has 0 fully saturated rings. The van der Waals surface area contributed by atoms with E-state index in [0.717, 1.165) is 4.31 Å². The fraction of sp³-hybridized carbons (Fsp3) is 0.700. The second kappa shape index (κ2) is 7.92. The molecule has 20 heavy (non-hydrogen) atoms. The first kappa shape index (κ1) is 18.5. The summed E-state index contributed by atoms with van der Waals surface area (Å²) < 4.78 is 26.2. The van der Waals surface area contributed by atoms with Gasteiger partial charge in [0.05, 0.1) is 12.3 Å². The molecule has 10 heteroatoms. The Balaban J connectivity index is 5.00. The minimum Gasteiger partial charge on any atom is -0.411 e. The molecule has 0 amide bonds. The molecule has 0 aromatic heterocycles. The summed E-state index contributed by atoms with van der Waals surface area (Å²) in [5, 5.41) is 22.5. The molecule has 0 heterocycles. The molecule has 0 aliphatic carbocycles. The maximum absolute atomic E-state index is 11.5. The van der Waals surface area contributed by atoms with Crippen molar-refractivity contribution in [3.63, 3.8) is 0 Å². The normalized spacial score (nSPS) is 15.4. The fourth-order valence-electron chi connectivity index (χ4n) is 1.28. The Morgan fingerprint density at radius 1 is 1.55 bits per heavy atom. The molecule has 116 valence electrons. The third kappa shape index (κ3) is 5.63. The summed E-state index contributed by atoms with van der Waals surface area (Å²) in [7, 11) is -0.959. The van der Waals surface area contributed by atoms with Crippen LogP contribution in [0.3, 0.4) is 0 Å². The molecule has 1 atom stereocenters. The van der Waals surface area contributed by atoms with E-state index in [4.69, 9.17) is 5.21 Å². The zero-order chi connectivity index (χ0) is 15.9. The van der Waals surface area contributed by atoms with Crippen molar-refractivity contribution in [2.45, 2.75) is 26.3 Å². The van der Waals surface area contributed by atoms with Gasteiger partial charge >= 0.3 is 0 Å². The Kier molecular flexibility index (Phi) is 7.32. The quantitative estimate of drug-likeness (QED) is 0.287. The van der Waals surface area contributed by atoms with Crippen molar-refractivity contribution in [2.75, 3.05) is 20.6 Å². The van der Waals surface area contributed by atoms with Gasteiger partial charge in [-0.25, -0.2) is 0 Å². The van der Waals surface area contributed by atoms with Crippen molar-refractivity contribution in [1.29, 1.82) is 0 Å². The van der Waals surface area contributed by atoms with Gasteiger partial charge in [-0.15, -0.1) is 0 Å². The van der Waals surface area contributed by atoms with Gasteiger partial charge in [0.2, 0.25) is 6.04 Å².